The molecule has 34 heavy (non-hydrogen) atoms. The van der Waals surface area contributed by atoms with Crippen molar-refractivity contribution in [1.82, 2.24) is 0 Å². The third-order valence-corrected chi connectivity index (χ3v) is 5.51. The van der Waals surface area contributed by atoms with Crippen LogP contribution in [0.1, 0.15) is 25.0 Å². The maximum Gasteiger partial charge on any atom is 0.432 e. The topological polar surface area (TPSA) is 93.1 Å². The first-order chi connectivity index (χ1) is 15.7. The molecule has 2 unspecified atom stereocenters. The Labute approximate surface area is 189 Å². The summed E-state index contributed by atoms with van der Waals surface area (Å²) in [6, 6.07) is 5.87. The summed E-state index contributed by atoms with van der Waals surface area (Å²) < 4.78 is 80.7. The molecule has 6 nitrogen and oxygen atoms in total. The summed E-state index contributed by atoms with van der Waals surface area (Å²) in [5.41, 5.74) is -8.67. The molecule has 2 N–H and O–H groups in total. The minimum absolute atomic E-state index is 0.135. The number of hydrogen-bond donors (Lipinski definition) is 2. The smallest absolute Gasteiger partial charge is 0.432 e. The fourth-order valence-electron chi connectivity index (χ4n) is 3.84. The molecule has 0 aliphatic rings. The van der Waals surface area contributed by atoms with Gasteiger partial charge in [0.2, 0.25) is 0 Å². The molecule has 3 aromatic carbocycles. The minimum atomic E-state index is -5.48. The van der Waals surface area contributed by atoms with E-state index in [1.807, 2.05) is 0 Å². The molecule has 3 rings (SSSR count). The van der Waals surface area contributed by atoms with Crippen LogP contribution in [0.25, 0.3) is 21.5 Å². The molecule has 11 heteroatoms. The fraction of sp³-hybridized carbons (Fsp3) is 0.304. The van der Waals surface area contributed by atoms with Crippen LogP contribution in [-0.4, -0.2) is 42.0 Å². The second-order valence-electron chi connectivity index (χ2n) is 7.60. The highest BCUT2D eigenvalue weighted by atomic mass is 19.4. The average molecular weight is 486 g/mol. The van der Waals surface area contributed by atoms with Crippen molar-refractivity contribution < 1.29 is 51.2 Å². The van der Waals surface area contributed by atoms with Crippen LogP contribution in [0.4, 0.5) is 22.0 Å². The molecule has 0 radical (unpaired) electrons. The van der Waals surface area contributed by atoms with Crippen LogP contribution in [0.5, 0.6) is 0 Å². The van der Waals surface area contributed by atoms with E-state index in [9.17, 15) is 37.4 Å². The molecule has 0 saturated heterocycles. The molecule has 2 atom stereocenters. The zero-order chi connectivity index (χ0) is 25.6. The van der Waals surface area contributed by atoms with Crippen LogP contribution >= 0.6 is 0 Å². The number of alkyl halides is 3. The number of hydrogen-bond acceptors (Lipinski definition) is 6. The van der Waals surface area contributed by atoms with Gasteiger partial charge in [-0.05, 0) is 36.1 Å². The van der Waals surface area contributed by atoms with Gasteiger partial charge in [-0.2, -0.15) is 13.2 Å². The van der Waals surface area contributed by atoms with Crippen LogP contribution in [-0.2, 0) is 30.3 Å². The summed E-state index contributed by atoms with van der Waals surface area (Å²) in [5, 5.41) is 19.9. The number of ether oxygens (including phenoxy) is 2. The first-order valence-corrected chi connectivity index (χ1v) is 9.84. The van der Waals surface area contributed by atoms with Gasteiger partial charge in [0.05, 0.1) is 19.3 Å². The fourth-order valence-corrected chi connectivity index (χ4v) is 3.84. The van der Waals surface area contributed by atoms with E-state index in [0.29, 0.717) is 0 Å². The normalized spacial score (nSPS) is 15.6. The van der Waals surface area contributed by atoms with Gasteiger partial charge in [0.1, 0.15) is 11.6 Å². The number of fused-ring (bicyclic) bond motifs is 3. The summed E-state index contributed by atoms with van der Waals surface area (Å²) in [6.07, 6.45) is -5.48. The van der Waals surface area contributed by atoms with Crippen molar-refractivity contribution in [1.29, 1.82) is 0 Å². The van der Waals surface area contributed by atoms with Crippen LogP contribution in [0.3, 0.4) is 0 Å². The van der Waals surface area contributed by atoms with Crippen molar-refractivity contribution in [2.45, 2.75) is 31.2 Å². The molecule has 0 bridgehead atoms. The molecule has 0 saturated carbocycles. The van der Waals surface area contributed by atoms with Crippen LogP contribution in [0, 0.1) is 11.6 Å². The van der Waals surface area contributed by atoms with Crippen LogP contribution in [0.2, 0.25) is 0 Å². The van der Waals surface area contributed by atoms with Gasteiger partial charge < -0.3 is 19.7 Å². The lowest BCUT2D eigenvalue weighted by molar-refractivity contribution is -0.267. The Morgan fingerprint density at radius 3 is 2.12 bits per heavy atom. The van der Waals surface area contributed by atoms with E-state index in [-0.39, 0.29) is 21.5 Å². The summed E-state index contributed by atoms with van der Waals surface area (Å²) in [7, 11) is 0.911. The lowest BCUT2D eigenvalue weighted by Gasteiger charge is -2.29. The van der Waals surface area contributed by atoms with Gasteiger partial charge in [0.15, 0.2) is 5.60 Å². The highest BCUT2D eigenvalue weighted by Crippen LogP contribution is 2.44. The average Bonchev–Trinajstić information content (AvgIpc) is 2.76. The predicted molar refractivity (Wildman–Crippen MR) is 110 cm³/mol. The highest BCUT2D eigenvalue weighted by Gasteiger charge is 2.62. The van der Waals surface area contributed by atoms with Gasteiger partial charge >= 0.3 is 18.1 Å². The van der Waals surface area contributed by atoms with Crippen molar-refractivity contribution in [2.75, 3.05) is 13.7 Å². The number of methoxy groups -OCH3 is 1. The van der Waals surface area contributed by atoms with E-state index in [1.165, 1.54) is 13.0 Å². The molecule has 0 spiro atoms. The Morgan fingerprint density at radius 1 is 0.941 bits per heavy atom. The third-order valence-electron chi connectivity index (χ3n) is 5.51. The number of carbonyl (C=O) groups excluding carboxylic acids is 2. The van der Waals surface area contributed by atoms with Crippen molar-refractivity contribution in [3.05, 3.63) is 59.2 Å². The Balaban J connectivity index is 2.40. The first kappa shape index (κ1) is 25.3. The van der Waals surface area contributed by atoms with Gasteiger partial charge in [-0.25, -0.2) is 18.4 Å². The van der Waals surface area contributed by atoms with E-state index < -0.39 is 58.7 Å². The zero-order valence-corrected chi connectivity index (χ0v) is 18.1. The molecular weight excluding hydrogens is 467 g/mol. The third kappa shape index (κ3) is 3.64. The summed E-state index contributed by atoms with van der Waals surface area (Å²) >= 11 is 0. The Hall–Kier alpha value is -3.31. The zero-order valence-electron chi connectivity index (χ0n) is 18.1. The molecule has 0 aromatic heterocycles. The van der Waals surface area contributed by atoms with E-state index >= 15 is 4.39 Å². The monoisotopic (exact) mass is 486 g/mol. The number of rotatable bonds is 5. The molecule has 0 aliphatic heterocycles. The number of aliphatic hydroxyl groups is 2. The van der Waals surface area contributed by atoms with E-state index in [1.54, 1.807) is 0 Å². The second-order valence-corrected chi connectivity index (χ2v) is 7.60. The summed E-state index contributed by atoms with van der Waals surface area (Å²) in [6.45, 7) is 1.65. The van der Waals surface area contributed by atoms with Crippen LogP contribution < -0.4 is 0 Å². The Bertz CT molecular complexity index is 1300. The van der Waals surface area contributed by atoms with Gasteiger partial charge in [0.25, 0.3) is 5.60 Å². The lowest BCUT2D eigenvalue weighted by atomic mass is 9.86. The maximum absolute atomic E-state index is 15.3. The lowest BCUT2D eigenvalue weighted by Crippen LogP contribution is -2.50. The Kier molecular flexibility index (Phi) is 6.31. The van der Waals surface area contributed by atoms with Crippen LogP contribution in [0.15, 0.2) is 36.4 Å². The van der Waals surface area contributed by atoms with Gasteiger partial charge in [-0.3, -0.25) is 0 Å². The summed E-state index contributed by atoms with van der Waals surface area (Å²) in [5.74, 6) is -6.00. The standard InChI is InChI=1S/C23H19F5O6/c1-4-34-20(30)22(32,23(26,27)28)15-7-5-6-11-12(15)8-9-13-14(11)10-16(24)17(18(13)25)21(2,31)19(29)33-3/h5-10,31-32H,4H2,1-3H3. The SMILES string of the molecule is CCOC(=O)C(O)(c1cccc2c1ccc1c(F)c(C(C)(O)C(=O)OC)c(F)cc12)C(F)(F)F. The van der Waals surface area contributed by atoms with Crippen molar-refractivity contribution >= 4 is 33.5 Å². The molecule has 0 heterocycles. The first-order valence-electron chi connectivity index (χ1n) is 9.84. The van der Waals surface area contributed by atoms with Gasteiger partial charge in [0, 0.05) is 10.9 Å². The maximum atomic E-state index is 15.3. The number of carbonyl (C=O) groups is 2. The number of halogens is 5. The highest BCUT2D eigenvalue weighted by molar-refractivity contribution is 6.10. The van der Waals surface area contributed by atoms with Gasteiger partial charge in [-0.15, -0.1) is 0 Å². The largest absolute Gasteiger partial charge is 0.467 e. The quantitative estimate of drug-likeness (QED) is 0.322. The predicted octanol–water partition coefficient (Wildman–Crippen LogP) is 3.96. The summed E-state index contributed by atoms with van der Waals surface area (Å²) in [4.78, 5) is 24.1. The Morgan fingerprint density at radius 2 is 1.56 bits per heavy atom. The van der Waals surface area contributed by atoms with Crippen molar-refractivity contribution in [3.8, 4) is 0 Å². The van der Waals surface area contributed by atoms with Crippen molar-refractivity contribution in [3.63, 3.8) is 0 Å². The van der Waals surface area contributed by atoms with E-state index in [4.69, 9.17) is 0 Å². The number of benzene rings is 3. The number of esters is 2. The minimum Gasteiger partial charge on any atom is -0.467 e. The molecule has 3 aromatic rings. The second kappa shape index (κ2) is 8.48. The van der Waals surface area contributed by atoms with E-state index in [2.05, 4.69) is 9.47 Å². The molecular formula is C23H19F5O6. The molecule has 0 aliphatic carbocycles. The van der Waals surface area contributed by atoms with Crippen molar-refractivity contribution in [2.24, 2.45) is 0 Å². The molecule has 0 amide bonds. The van der Waals surface area contributed by atoms with Gasteiger partial charge in [-0.1, -0.05) is 30.3 Å². The van der Waals surface area contributed by atoms with E-state index in [0.717, 1.165) is 44.4 Å². The molecule has 0 fully saturated rings. The molecule has 182 valence electrons.